The van der Waals surface area contributed by atoms with E-state index >= 15 is 0 Å². The summed E-state index contributed by atoms with van der Waals surface area (Å²) in [4.78, 5) is 50.6. The number of anilines is 1. The van der Waals surface area contributed by atoms with Gasteiger partial charge in [0.15, 0.2) is 0 Å². The Balaban J connectivity index is 1.22. The summed E-state index contributed by atoms with van der Waals surface area (Å²) in [5.41, 5.74) is -0.912. The lowest BCUT2D eigenvalue weighted by molar-refractivity contribution is -0.137. The van der Waals surface area contributed by atoms with Gasteiger partial charge in [0.1, 0.15) is 5.82 Å². The van der Waals surface area contributed by atoms with Gasteiger partial charge in [0.2, 0.25) is 0 Å². The third-order valence-electron chi connectivity index (χ3n) is 9.92. The second kappa shape index (κ2) is 11.0. The lowest BCUT2D eigenvalue weighted by atomic mass is 9.66. The molecule has 2 aromatic rings. The molecule has 11 nitrogen and oxygen atoms in total. The van der Waals surface area contributed by atoms with Gasteiger partial charge >= 0.3 is 12.1 Å². The van der Waals surface area contributed by atoms with E-state index in [4.69, 9.17) is 0 Å². The Morgan fingerprint density at radius 3 is 2.34 bits per heavy atom. The summed E-state index contributed by atoms with van der Waals surface area (Å²) >= 11 is 0. The largest absolute Gasteiger partial charge is 0.465 e. The van der Waals surface area contributed by atoms with Crippen LogP contribution in [0, 0.1) is 5.41 Å². The summed E-state index contributed by atoms with van der Waals surface area (Å²) in [6, 6.07) is 10.7. The zero-order valence-corrected chi connectivity index (χ0v) is 23.5. The average Bonchev–Trinajstić information content (AvgIpc) is 3.69. The molecule has 1 saturated carbocycles. The van der Waals surface area contributed by atoms with Crippen molar-refractivity contribution in [2.45, 2.75) is 63.1 Å². The van der Waals surface area contributed by atoms with E-state index in [1.165, 1.54) is 9.47 Å². The third kappa shape index (κ3) is 5.16. The molecule has 0 unspecified atom stereocenters. The first kappa shape index (κ1) is 27.6. The van der Waals surface area contributed by atoms with Gasteiger partial charge in [-0.3, -0.25) is 9.36 Å². The van der Waals surface area contributed by atoms with Gasteiger partial charge < -0.3 is 29.8 Å². The zero-order chi connectivity index (χ0) is 28.6. The van der Waals surface area contributed by atoms with Crippen molar-refractivity contribution in [3.05, 3.63) is 58.6 Å². The van der Waals surface area contributed by atoms with Gasteiger partial charge in [0.25, 0.3) is 5.56 Å². The SMILES string of the molecule is O=C(O)N1CCN(C(=O)N2CC[C@@](O)(Cn3cnc(N4CCCC4)cc3=O)C3(CCCC3)C2)[C@H](c2ccccc2)C1. The molecule has 6 rings (SSSR count). The molecule has 1 aromatic heterocycles. The van der Waals surface area contributed by atoms with Gasteiger partial charge in [-0.1, -0.05) is 43.2 Å². The highest BCUT2D eigenvalue weighted by Crippen LogP contribution is 2.52. The number of rotatable bonds is 4. The molecule has 1 spiro atoms. The number of piperazine rings is 1. The number of hydrogen-bond donors (Lipinski definition) is 2. The molecule has 220 valence electrons. The Bertz CT molecular complexity index is 1320. The van der Waals surface area contributed by atoms with Crippen LogP contribution < -0.4 is 10.5 Å². The number of piperidine rings is 1. The van der Waals surface area contributed by atoms with Gasteiger partial charge in [-0.25, -0.2) is 14.6 Å². The first-order chi connectivity index (χ1) is 19.8. The predicted molar refractivity (Wildman–Crippen MR) is 153 cm³/mol. The second-order valence-electron chi connectivity index (χ2n) is 12.2. The van der Waals surface area contributed by atoms with Crippen molar-refractivity contribution >= 4 is 17.9 Å². The van der Waals surface area contributed by atoms with Gasteiger partial charge in [-0.2, -0.15) is 0 Å². The van der Waals surface area contributed by atoms with Crippen molar-refractivity contribution in [2.24, 2.45) is 5.41 Å². The Labute approximate surface area is 240 Å². The first-order valence-electron chi connectivity index (χ1n) is 14.9. The standard InChI is InChI=1S/C30H40N6O5/c37-26-18-25(32-13-6-7-14-32)31-22-35(26)21-30(41)12-15-34(20-29(30)10-4-5-11-29)27(38)36-17-16-33(28(39)40)19-24(36)23-8-2-1-3-9-23/h1-3,8-9,18,22,24,41H,4-7,10-17,19-21H2,(H,39,40)/t24-,30+/m0/s1. The van der Waals surface area contributed by atoms with Crippen LogP contribution in [0.15, 0.2) is 47.5 Å². The summed E-state index contributed by atoms with van der Waals surface area (Å²) in [5, 5.41) is 21.8. The molecule has 3 saturated heterocycles. The number of carbonyl (C=O) groups excluding carboxylic acids is 1. The molecule has 4 aliphatic rings. The van der Waals surface area contributed by atoms with Crippen LogP contribution in [0.3, 0.4) is 0 Å². The molecular weight excluding hydrogens is 524 g/mol. The van der Waals surface area contributed by atoms with Gasteiger partial charge in [0.05, 0.1) is 24.5 Å². The lowest BCUT2D eigenvalue weighted by Crippen LogP contribution is -2.64. The fourth-order valence-electron chi connectivity index (χ4n) is 7.53. The molecule has 4 heterocycles. The fourth-order valence-corrected chi connectivity index (χ4v) is 7.53. The van der Waals surface area contributed by atoms with Crippen LogP contribution in [0.2, 0.25) is 0 Å². The number of carbonyl (C=O) groups is 2. The van der Waals surface area contributed by atoms with Crippen LogP contribution in [0.5, 0.6) is 0 Å². The molecule has 11 heteroatoms. The topological polar surface area (TPSA) is 122 Å². The summed E-state index contributed by atoms with van der Waals surface area (Å²) in [6.45, 7) is 3.54. The summed E-state index contributed by atoms with van der Waals surface area (Å²) in [6.07, 6.45) is 6.67. The monoisotopic (exact) mass is 564 g/mol. The highest BCUT2D eigenvalue weighted by molar-refractivity contribution is 5.76. The molecular formula is C30H40N6O5. The molecule has 1 aromatic carbocycles. The van der Waals surface area contributed by atoms with Gasteiger partial charge in [-0.05, 0) is 37.7 Å². The van der Waals surface area contributed by atoms with E-state index in [0.29, 0.717) is 31.9 Å². The van der Waals surface area contributed by atoms with Gasteiger partial charge in [-0.15, -0.1) is 0 Å². The lowest BCUT2D eigenvalue weighted by Gasteiger charge is -2.53. The minimum atomic E-state index is -1.14. The number of nitrogens with zero attached hydrogens (tertiary/aromatic N) is 6. The maximum absolute atomic E-state index is 14.1. The summed E-state index contributed by atoms with van der Waals surface area (Å²) in [5.74, 6) is 0.697. The minimum absolute atomic E-state index is 0.119. The number of hydrogen-bond acceptors (Lipinski definition) is 6. The van der Waals surface area contributed by atoms with Crippen LogP contribution in [-0.4, -0.2) is 98.0 Å². The summed E-state index contributed by atoms with van der Waals surface area (Å²) < 4.78 is 1.54. The Hall–Kier alpha value is -3.60. The third-order valence-corrected chi connectivity index (χ3v) is 9.92. The van der Waals surface area contributed by atoms with E-state index in [-0.39, 0.29) is 37.3 Å². The van der Waals surface area contributed by atoms with Crippen LogP contribution >= 0.6 is 0 Å². The Morgan fingerprint density at radius 2 is 1.66 bits per heavy atom. The van der Waals surface area contributed by atoms with E-state index in [1.807, 2.05) is 35.2 Å². The molecule has 4 fully saturated rings. The van der Waals surface area contributed by atoms with Crippen LogP contribution in [0.1, 0.15) is 56.6 Å². The van der Waals surface area contributed by atoms with Crippen LogP contribution in [-0.2, 0) is 6.54 Å². The molecule has 2 N–H and O–H groups in total. The van der Waals surface area contributed by atoms with Crippen molar-refractivity contribution in [3.63, 3.8) is 0 Å². The number of likely N-dealkylation sites (tertiary alicyclic amines) is 1. The maximum Gasteiger partial charge on any atom is 0.407 e. The fraction of sp³-hybridized carbons (Fsp3) is 0.600. The minimum Gasteiger partial charge on any atom is -0.465 e. The van der Waals surface area contributed by atoms with E-state index in [2.05, 4.69) is 9.88 Å². The van der Waals surface area contributed by atoms with Crippen LogP contribution in [0.4, 0.5) is 15.4 Å². The second-order valence-corrected chi connectivity index (χ2v) is 12.2. The average molecular weight is 565 g/mol. The van der Waals surface area contributed by atoms with Crippen molar-refractivity contribution < 1.29 is 19.8 Å². The Morgan fingerprint density at radius 1 is 0.927 bits per heavy atom. The molecule has 41 heavy (non-hydrogen) atoms. The smallest absolute Gasteiger partial charge is 0.407 e. The van der Waals surface area contributed by atoms with Crippen molar-refractivity contribution in [1.82, 2.24) is 24.3 Å². The number of benzene rings is 1. The molecule has 3 amide bonds. The number of amides is 3. The van der Waals surface area contributed by atoms with E-state index in [1.54, 1.807) is 17.3 Å². The maximum atomic E-state index is 14.1. The normalized spacial score (nSPS) is 26.1. The number of carboxylic acid groups (broad SMARTS) is 1. The quantitative estimate of drug-likeness (QED) is 0.585. The molecule has 3 aliphatic heterocycles. The van der Waals surface area contributed by atoms with E-state index in [0.717, 1.165) is 57.2 Å². The van der Waals surface area contributed by atoms with Crippen molar-refractivity contribution in [3.8, 4) is 0 Å². The molecule has 1 aliphatic carbocycles. The number of urea groups is 1. The van der Waals surface area contributed by atoms with Gasteiger partial charge in [0, 0.05) is 57.3 Å². The number of aliphatic hydroxyl groups is 1. The van der Waals surface area contributed by atoms with Crippen molar-refractivity contribution in [1.29, 1.82) is 0 Å². The van der Waals surface area contributed by atoms with Crippen LogP contribution in [0.25, 0.3) is 0 Å². The van der Waals surface area contributed by atoms with E-state index in [9.17, 15) is 24.6 Å². The van der Waals surface area contributed by atoms with E-state index < -0.39 is 17.1 Å². The highest BCUT2D eigenvalue weighted by atomic mass is 16.4. The molecule has 0 bridgehead atoms. The molecule has 2 atom stereocenters. The highest BCUT2D eigenvalue weighted by Gasteiger charge is 2.56. The Kier molecular flexibility index (Phi) is 7.39. The van der Waals surface area contributed by atoms with Crippen molar-refractivity contribution in [2.75, 3.05) is 50.7 Å². The first-order valence-corrected chi connectivity index (χ1v) is 14.9. The zero-order valence-electron chi connectivity index (χ0n) is 23.5. The number of aromatic nitrogens is 2. The predicted octanol–water partition coefficient (Wildman–Crippen LogP) is 3.00. The molecule has 0 radical (unpaired) electrons. The summed E-state index contributed by atoms with van der Waals surface area (Å²) in [7, 11) is 0.